The number of amides is 1. The first-order valence-corrected chi connectivity index (χ1v) is 8.72. The summed E-state index contributed by atoms with van der Waals surface area (Å²) in [6, 6.07) is 5.75. The lowest BCUT2D eigenvalue weighted by Crippen LogP contribution is -2.32. The number of thioether (sulfide) groups is 1. The molecule has 3 N–H and O–H groups in total. The SMILES string of the molecule is CN(CCCC(=O)Nc1cc(Cl)ccc1N)C1CCSC1. The number of nitrogens with two attached hydrogens (primary N) is 1. The van der Waals surface area contributed by atoms with Crippen LogP contribution in [-0.2, 0) is 4.79 Å². The smallest absolute Gasteiger partial charge is 0.224 e. The highest BCUT2D eigenvalue weighted by atomic mass is 35.5. The molecule has 1 aromatic rings. The summed E-state index contributed by atoms with van der Waals surface area (Å²) in [6.45, 7) is 0.948. The molecule has 0 radical (unpaired) electrons. The molecule has 1 aromatic carbocycles. The Balaban J connectivity index is 1.73. The minimum atomic E-state index is -0.0156. The fraction of sp³-hybridized carbons (Fsp3) is 0.533. The Bertz CT molecular complexity index is 492. The highest BCUT2D eigenvalue weighted by Gasteiger charge is 2.19. The zero-order valence-electron chi connectivity index (χ0n) is 12.3. The van der Waals surface area contributed by atoms with E-state index in [0.717, 1.165) is 13.0 Å². The zero-order valence-corrected chi connectivity index (χ0v) is 13.8. The molecule has 1 saturated heterocycles. The lowest BCUT2D eigenvalue weighted by Gasteiger charge is -2.23. The molecule has 6 heteroatoms. The second-order valence-corrected chi connectivity index (χ2v) is 6.97. The van der Waals surface area contributed by atoms with E-state index in [4.69, 9.17) is 17.3 Å². The van der Waals surface area contributed by atoms with Gasteiger partial charge in [0.05, 0.1) is 11.4 Å². The molecule has 2 rings (SSSR count). The number of benzene rings is 1. The van der Waals surface area contributed by atoms with Crippen LogP contribution >= 0.6 is 23.4 Å². The molecular formula is C15H22ClN3OS. The topological polar surface area (TPSA) is 58.4 Å². The van der Waals surface area contributed by atoms with Crippen molar-refractivity contribution in [3.8, 4) is 0 Å². The number of hydrogen-bond donors (Lipinski definition) is 2. The number of carbonyl (C=O) groups excluding carboxylic acids is 1. The van der Waals surface area contributed by atoms with Crippen LogP contribution in [0.4, 0.5) is 11.4 Å². The van der Waals surface area contributed by atoms with Crippen molar-refractivity contribution in [2.75, 3.05) is 36.1 Å². The summed E-state index contributed by atoms with van der Waals surface area (Å²) in [4.78, 5) is 14.3. The number of nitrogen functional groups attached to an aromatic ring is 1. The van der Waals surface area contributed by atoms with Gasteiger partial charge in [0, 0.05) is 23.2 Å². The van der Waals surface area contributed by atoms with Crippen molar-refractivity contribution < 1.29 is 4.79 Å². The lowest BCUT2D eigenvalue weighted by atomic mass is 10.2. The van der Waals surface area contributed by atoms with Crippen molar-refractivity contribution >= 4 is 40.6 Å². The molecule has 0 bridgehead atoms. The van der Waals surface area contributed by atoms with Gasteiger partial charge in [0.1, 0.15) is 0 Å². The fourth-order valence-electron chi connectivity index (χ4n) is 2.39. The van der Waals surface area contributed by atoms with Crippen LogP contribution in [0.3, 0.4) is 0 Å². The summed E-state index contributed by atoms with van der Waals surface area (Å²) in [5.41, 5.74) is 6.94. The van der Waals surface area contributed by atoms with Crippen LogP contribution in [0.2, 0.25) is 5.02 Å². The molecule has 21 heavy (non-hydrogen) atoms. The first kappa shape index (κ1) is 16.5. The molecule has 1 atom stereocenters. The van der Waals surface area contributed by atoms with E-state index in [0.29, 0.717) is 28.9 Å². The van der Waals surface area contributed by atoms with E-state index in [1.807, 2.05) is 11.8 Å². The van der Waals surface area contributed by atoms with Crippen molar-refractivity contribution in [2.45, 2.75) is 25.3 Å². The minimum absolute atomic E-state index is 0.0156. The molecule has 0 spiro atoms. The standard InChI is InChI=1S/C15H22ClN3OS/c1-19(12-6-8-21-10-12)7-2-3-15(20)18-14-9-11(16)4-5-13(14)17/h4-5,9,12H,2-3,6-8,10,17H2,1H3,(H,18,20). The van der Waals surface area contributed by atoms with E-state index in [-0.39, 0.29) is 5.91 Å². The molecule has 1 amide bonds. The Kier molecular flexibility index (Phi) is 6.21. The molecule has 1 heterocycles. The molecule has 0 aliphatic carbocycles. The van der Waals surface area contributed by atoms with Crippen LogP contribution in [0.15, 0.2) is 18.2 Å². The second-order valence-electron chi connectivity index (χ2n) is 5.38. The van der Waals surface area contributed by atoms with Crippen LogP contribution in [0.25, 0.3) is 0 Å². The van der Waals surface area contributed by atoms with Gasteiger partial charge in [-0.05, 0) is 50.4 Å². The maximum atomic E-state index is 11.9. The largest absolute Gasteiger partial charge is 0.397 e. The molecular weight excluding hydrogens is 306 g/mol. The number of rotatable bonds is 6. The molecule has 1 aliphatic heterocycles. The fourth-order valence-corrected chi connectivity index (χ4v) is 3.86. The quantitative estimate of drug-likeness (QED) is 0.788. The summed E-state index contributed by atoms with van der Waals surface area (Å²) in [5.74, 6) is 2.45. The van der Waals surface area contributed by atoms with Gasteiger partial charge in [0.15, 0.2) is 0 Å². The minimum Gasteiger partial charge on any atom is -0.397 e. The molecule has 116 valence electrons. The first-order valence-electron chi connectivity index (χ1n) is 7.19. The van der Waals surface area contributed by atoms with Gasteiger partial charge >= 0.3 is 0 Å². The van der Waals surface area contributed by atoms with Crippen LogP contribution in [0.5, 0.6) is 0 Å². The van der Waals surface area contributed by atoms with Gasteiger partial charge in [-0.15, -0.1) is 0 Å². The Hall–Kier alpha value is -0.910. The van der Waals surface area contributed by atoms with Crippen LogP contribution in [0.1, 0.15) is 19.3 Å². The molecule has 4 nitrogen and oxygen atoms in total. The van der Waals surface area contributed by atoms with Gasteiger partial charge in [-0.25, -0.2) is 0 Å². The number of nitrogens with zero attached hydrogens (tertiary/aromatic N) is 1. The third-order valence-corrected chi connectivity index (χ3v) is 5.11. The van der Waals surface area contributed by atoms with Crippen molar-refractivity contribution in [1.82, 2.24) is 4.90 Å². The molecule has 0 saturated carbocycles. The predicted octanol–water partition coefficient (Wildman–Crippen LogP) is 3.08. The Morgan fingerprint density at radius 3 is 3.10 bits per heavy atom. The molecule has 0 aromatic heterocycles. The van der Waals surface area contributed by atoms with Gasteiger partial charge in [-0.2, -0.15) is 11.8 Å². The number of carbonyl (C=O) groups is 1. The van der Waals surface area contributed by atoms with E-state index in [1.54, 1.807) is 18.2 Å². The van der Waals surface area contributed by atoms with Gasteiger partial charge < -0.3 is 16.0 Å². The van der Waals surface area contributed by atoms with Crippen molar-refractivity contribution in [3.05, 3.63) is 23.2 Å². The second kappa shape index (κ2) is 7.92. The maximum Gasteiger partial charge on any atom is 0.224 e. The van der Waals surface area contributed by atoms with Crippen molar-refractivity contribution in [1.29, 1.82) is 0 Å². The Morgan fingerprint density at radius 1 is 1.57 bits per heavy atom. The summed E-state index contributed by atoms with van der Waals surface area (Å²) in [7, 11) is 2.14. The monoisotopic (exact) mass is 327 g/mol. The average Bonchev–Trinajstić information content (AvgIpc) is 2.97. The third-order valence-electron chi connectivity index (χ3n) is 3.73. The van der Waals surface area contributed by atoms with Crippen molar-refractivity contribution in [3.63, 3.8) is 0 Å². The number of hydrogen-bond acceptors (Lipinski definition) is 4. The number of halogens is 1. The van der Waals surface area contributed by atoms with Gasteiger partial charge in [-0.3, -0.25) is 4.79 Å². The zero-order chi connectivity index (χ0) is 15.2. The third kappa shape index (κ3) is 5.09. The summed E-state index contributed by atoms with van der Waals surface area (Å²) in [5, 5.41) is 3.39. The Labute approximate surface area is 135 Å². The number of anilines is 2. The van der Waals surface area contributed by atoms with E-state index in [1.165, 1.54) is 17.9 Å². The number of nitrogens with one attached hydrogen (secondary N) is 1. The molecule has 1 aliphatic rings. The highest BCUT2D eigenvalue weighted by molar-refractivity contribution is 7.99. The predicted molar refractivity (Wildman–Crippen MR) is 92.1 cm³/mol. The molecule has 1 unspecified atom stereocenters. The first-order chi connectivity index (χ1) is 10.1. The molecule has 1 fully saturated rings. The summed E-state index contributed by atoms with van der Waals surface area (Å²) in [6.07, 6.45) is 2.60. The average molecular weight is 328 g/mol. The van der Waals surface area contributed by atoms with Crippen LogP contribution in [0, 0.1) is 0 Å². The van der Waals surface area contributed by atoms with Crippen molar-refractivity contribution in [2.24, 2.45) is 0 Å². The Morgan fingerprint density at radius 2 is 2.38 bits per heavy atom. The van der Waals surface area contributed by atoms with Gasteiger partial charge in [0.2, 0.25) is 5.91 Å². The lowest BCUT2D eigenvalue weighted by molar-refractivity contribution is -0.116. The normalized spacial score (nSPS) is 18.1. The van der Waals surface area contributed by atoms with Gasteiger partial charge in [0.25, 0.3) is 0 Å². The van der Waals surface area contributed by atoms with E-state index in [9.17, 15) is 4.79 Å². The highest BCUT2D eigenvalue weighted by Crippen LogP contribution is 2.23. The summed E-state index contributed by atoms with van der Waals surface area (Å²) < 4.78 is 0. The van der Waals surface area contributed by atoms with Crippen LogP contribution < -0.4 is 11.1 Å². The van der Waals surface area contributed by atoms with Crippen LogP contribution in [-0.4, -0.2) is 41.9 Å². The van der Waals surface area contributed by atoms with E-state index in [2.05, 4.69) is 17.3 Å². The van der Waals surface area contributed by atoms with E-state index >= 15 is 0 Å². The summed E-state index contributed by atoms with van der Waals surface area (Å²) >= 11 is 7.91. The van der Waals surface area contributed by atoms with Gasteiger partial charge in [-0.1, -0.05) is 11.6 Å². The van der Waals surface area contributed by atoms with E-state index < -0.39 is 0 Å². The maximum absolute atomic E-state index is 11.9.